The predicted octanol–water partition coefficient (Wildman–Crippen LogP) is -1.56. The first-order chi connectivity index (χ1) is 4.20. The molecule has 4 heteroatoms. The molecule has 4 nitrogen and oxygen atoms in total. The molecule has 0 aromatic carbocycles. The van der Waals surface area contributed by atoms with Gasteiger partial charge in [0, 0.05) is 6.54 Å². The molecule has 0 aliphatic rings. The van der Waals surface area contributed by atoms with Crippen molar-refractivity contribution in [3.63, 3.8) is 0 Å². The van der Waals surface area contributed by atoms with Crippen LogP contribution in [0.1, 0.15) is 6.92 Å². The summed E-state index contributed by atoms with van der Waals surface area (Å²) in [7, 11) is 0. The van der Waals surface area contributed by atoms with Crippen molar-refractivity contribution in [3.8, 4) is 0 Å². The molecule has 2 atom stereocenters. The molecule has 0 aromatic heterocycles. The van der Waals surface area contributed by atoms with E-state index in [-0.39, 0.29) is 12.6 Å². The average molecular weight is 132 g/mol. The summed E-state index contributed by atoms with van der Waals surface area (Å²) in [4.78, 5) is 9.94. The lowest BCUT2D eigenvalue weighted by atomic mass is 10.3. The molecule has 0 saturated carbocycles. The van der Waals surface area contributed by atoms with Crippen molar-refractivity contribution in [3.05, 3.63) is 0 Å². The van der Waals surface area contributed by atoms with E-state index >= 15 is 0 Å². The average Bonchev–Trinajstić information content (AvgIpc) is 1.87. The highest BCUT2D eigenvalue weighted by Gasteiger charge is 2.03. The van der Waals surface area contributed by atoms with Crippen LogP contribution in [0.2, 0.25) is 0 Å². The fraction of sp³-hybridized carbons (Fsp3) is 0.800. The maximum Gasteiger partial charge on any atom is 0.136 e. The lowest BCUT2D eigenvalue weighted by molar-refractivity contribution is -0.110. The quantitative estimate of drug-likeness (QED) is 0.319. The number of carbonyl (C=O) groups is 1. The number of nitrogens with two attached hydrogens (primary N) is 1. The molecular formula is C5H12N2O2. The van der Waals surface area contributed by atoms with Crippen molar-refractivity contribution < 1.29 is 9.90 Å². The maximum atomic E-state index is 9.94. The van der Waals surface area contributed by atoms with Crippen LogP contribution in [0.25, 0.3) is 0 Å². The summed E-state index contributed by atoms with van der Waals surface area (Å²) in [6, 6.07) is -0.330. The minimum Gasteiger partial charge on any atom is -0.377 e. The molecule has 0 radical (unpaired) electrons. The number of nitrogens with one attached hydrogen (secondary N) is 1. The summed E-state index contributed by atoms with van der Waals surface area (Å²) < 4.78 is 0. The van der Waals surface area contributed by atoms with E-state index in [0.29, 0.717) is 6.29 Å². The molecule has 54 valence electrons. The van der Waals surface area contributed by atoms with Crippen LogP contribution < -0.4 is 11.1 Å². The van der Waals surface area contributed by atoms with Gasteiger partial charge in [-0.3, -0.25) is 5.32 Å². The zero-order valence-corrected chi connectivity index (χ0v) is 5.37. The number of aliphatic hydroxyl groups excluding tert-OH is 1. The molecule has 2 unspecified atom stereocenters. The number of aliphatic hydroxyl groups is 1. The summed E-state index contributed by atoms with van der Waals surface area (Å²) in [6.45, 7) is 1.77. The van der Waals surface area contributed by atoms with Crippen molar-refractivity contribution >= 4 is 6.29 Å². The first-order valence-corrected chi connectivity index (χ1v) is 2.80. The third kappa shape index (κ3) is 4.08. The van der Waals surface area contributed by atoms with Crippen LogP contribution >= 0.6 is 0 Å². The minimum absolute atomic E-state index is 0.123. The Morgan fingerprint density at radius 2 is 2.44 bits per heavy atom. The zero-order chi connectivity index (χ0) is 7.28. The summed E-state index contributed by atoms with van der Waals surface area (Å²) >= 11 is 0. The Bertz CT molecular complexity index is 87.0. The van der Waals surface area contributed by atoms with Crippen LogP contribution in [0.3, 0.4) is 0 Å². The molecule has 0 amide bonds. The molecule has 0 heterocycles. The van der Waals surface area contributed by atoms with Crippen molar-refractivity contribution in [1.82, 2.24) is 5.32 Å². The first-order valence-electron chi connectivity index (χ1n) is 2.80. The molecule has 0 saturated heterocycles. The van der Waals surface area contributed by atoms with Gasteiger partial charge in [-0.1, -0.05) is 0 Å². The van der Waals surface area contributed by atoms with Gasteiger partial charge >= 0.3 is 0 Å². The first kappa shape index (κ1) is 8.55. The van der Waals surface area contributed by atoms with E-state index < -0.39 is 6.23 Å². The van der Waals surface area contributed by atoms with Crippen LogP contribution in [0.15, 0.2) is 0 Å². The highest BCUT2D eigenvalue weighted by atomic mass is 16.3. The Morgan fingerprint density at radius 1 is 1.89 bits per heavy atom. The normalized spacial score (nSPS) is 16.8. The number of hydrogen-bond donors (Lipinski definition) is 3. The van der Waals surface area contributed by atoms with Gasteiger partial charge in [-0.25, -0.2) is 0 Å². The van der Waals surface area contributed by atoms with Gasteiger partial charge in [0.15, 0.2) is 0 Å². The Morgan fingerprint density at radius 3 is 2.78 bits per heavy atom. The van der Waals surface area contributed by atoms with Crippen LogP contribution in [0.4, 0.5) is 0 Å². The van der Waals surface area contributed by atoms with Gasteiger partial charge in [-0.05, 0) is 6.92 Å². The Kier molecular flexibility index (Phi) is 4.21. The monoisotopic (exact) mass is 132 g/mol. The topological polar surface area (TPSA) is 75.3 Å². The second kappa shape index (κ2) is 4.43. The van der Waals surface area contributed by atoms with Gasteiger partial charge in [0.05, 0.1) is 6.04 Å². The summed E-state index contributed by atoms with van der Waals surface area (Å²) in [5.41, 5.74) is 5.05. The highest BCUT2D eigenvalue weighted by Crippen LogP contribution is 1.76. The van der Waals surface area contributed by atoms with Crippen LogP contribution in [0, 0.1) is 0 Å². The molecule has 0 aliphatic heterocycles. The molecule has 4 N–H and O–H groups in total. The third-order valence-corrected chi connectivity index (χ3v) is 0.883. The molecule has 9 heavy (non-hydrogen) atoms. The molecule has 0 rings (SSSR count). The minimum atomic E-state index is -0.773. The standard InChI is InChI=1S/C5H12N2O2/c1-4(3-8)7-5(9)2-6/h3-5,7,9H,2,6H2,1H3. The Labute approximate surface area is 54.0 Å². The number of hydrogen-bond acceptors (Lipinski definition) is 4. The van der Waals surface area contributed by atoms with Crippen molar-refractivity contribution in [2.75, 3.05) is 6.54 Å². The van der Waals surface area contributed by atoms with Crippen molar-refractivity contribution in [1.29, 1.82) is 0 Å². The molecule has 0 spiro atoms. The fourth-order valence-corrected chi connectivity index (χ4v) is 0.411. The van der Waals surface area contributed by atoms with E-state index in [9.17, 15) is 4.79 Å². The predicted molar refractivity (Wildman–Crippen MR) is 33.7 cm³/mol. The number of aldehydes is 1. The number of carbonyl (C=O) groups excluding carboxylic acids is 1. The van der Waals surface area contributed by atoms with E-state index in [2.05, 4.69) is 5.32 Å². The lowest BCUT2D eigenvalue weighted by Gasteiger charge is -2.11. The Hall–Kier alpha value is -0.450. The third-order valence-electron chi connectivity index (χ3n) is 0.883. The second-order valence-corrected chi connectivity index (χ2v) is 1.84. The van der Waals surface area contributed by atoms with Crippen molar-refractivity contribution in [2.45, 2.75) is 19.2 Å². The zero-order valence-electron chi connectivity index (χ0n) is 5.37. The molecule has 0 bridgehead atoms. The van der Waals surface area contributed by atoms with E-state index in [1.54, 1.807) is 6.92 Å². The summed E-state index contributed by atoms with van der Waals surface area (Å²) in [6.07, 6.45) is -0.0657. The SMILES string of the molecule is CC(C=O)NC(O)CN. The van der Waals surface area contributed by atoms with Gasteiger partial charge in [-0.15, -0.1) is 0 Å². The molecule has 0 fully saturated rings. The van der Waals surface area contributed by atoms with Gasteiger partial charge in [-0.2, -0.15) is 0 Å². The second-order valence-electron chi connectivity index (χ2n) is 1.84. The van der Waals surface area contributed by atoms with E-state index in [1.807, 2.05) is 0 Å². The van der Waals surface area contributed by atoms with E-state index in [0.717, 1.165) is 0 Å². The van der Waals surface area contributed by atoms with Gasteiger partial charge in [0.1, 0.15) is 12.5 Å². The Balaban J connectivity index is 3.33. The van der Waals surface area contributed by atoms with Gasteiger partial charge in [0.25, 0.3) is 0 Å². The molecular weight excluding hydrogens is 120 g/mol. The number of rotatable bonds is 4. The van der Waals surface area contributed by atoms with Gasteiger partial charge in [0.2, 0.25) is 0 Å². The van der Waals surface area contributed by atoms with Crippen molar-refractivity contribution in [2.24, 2.45) is 5.73 Å². The van der Waals surface area contributed by atoms with Crippen LogP contribution in [-0.2, 0) is 4.79 Å². The lowest BCUT2D eigenvalue weighted by Crippen LogP contribution is -2.41. The largest absolute Gasteiger partial charge is 0.377 e. The summed E-state index contributed by atoms with van der Waals surface area (Å²) in [5.74, 6) is 0. The van der Waals surface area contributed by atoms with Gasteiger partial charge < -0.3 is 15.6 Å². The van der Waals surface area contributed by atoms with Crippen LogP contribution in [-0.4, -0.2) is 30.2 Å². The summed E-state index contributed by atoms with van der Waals surface area (Å²) in [5, 5.41) is 11.3. The smallest absolute Gasteiger partial charge is 0.136 e. The fourth-order valence-electron chi connectivity index (χ4n) is 0.411. The molecule has 0 aliphatic carbocycles. The maximum absolute atomic E-state index is 9.94. The van der Waals surface area contributed by atoms with Crippen LogP contribution in [0.5, 0.6) is 0 Å². The highest BCUT2D eigenvalue weighted by molar-refractivity contribution is 5.56. The molecule has 0 aromatic rings. The van der Waals surface area contributed by atoms with E-state index in [4.69, 9.17) is 10.8 Å². The van der Waals surface area contributed by atoms with E-state index in [1.165, 1.54) is 0 Å².